The number of benzene rings is 3. The van der Waals surface area contributed by atoms with E-state index in [1.54, 1.807) is 12.3 Å². The quantitative estimate of drug-likeness (QED) is 0.248. The fourth-order valence-corrected chi connectivity index (χ4v) is 3.64. The molecule has 2 heterocycles. The lowest BCUT2D eigenvalue weighted by molar-refractivity contribution is -0.384. The van der Waals surface area contributed by atoms with Gasteiger partial charge < -0.3 is 14.2 Å². The second-order valence-corrected chi connectivity index (χ2v) is 7.27. The number of aromatic nitrogens is 1. The maximum absolute atomic E-state index is 11.2. The maximum Gasteiger partial charge on any atom is 0.271 e. The zero-order chi connectivity index (χ0) is 21.4. The molecule has 7 heteroatoms. The van der Waals surface area contributed by atoms with Crippen LogP contribution in [-0.4, -0.2) is 16.5 Å². The van der Waals surface area contributed by atoms with Crippen molar-refractivity contribution >= 4 is 33.2 Å². The van der Waals surface area contributed by atoms with Gasteiger partial charge in [-0.15, -0.1) is 0 Å². The number of anilines is 1. The number of fused-ring (bicyclic) bond motifs is 2. The molecule has 5 rings (SSSR count). The molecule has 0 unspecified atom stereocenters. The molecule has 2 aromatic heterocycles. The van der Waals surface area contributed by atoms with E-state index in [0.717, 1.165) is 28.5 Å². The smallest absolute Gasteiger partial charge is 0.271 e. The number of hydrogen-bond donors (Lipinski definition) is 1. The van der Waals surface area contributed by atoms with E-state index in [9.17, 15) is 10.1 Å². The first-order valence-electron chi connectivity index (χ1n) is 10.0. The van der Waals surface area contributed by atoms with Gasteiger partial charge in [0, 0.05) is 35.0 Å². The summed E-state index contributed by atoms with van der Waals surface area (Å²) in [5, 5.41) is 16.5. The first kappa shape index (κ1) is 18.9. The molecule has 154 valence electrons. The van der Waals surface area contributed by atoms with Crippen molar-refractivity contribution < 1.29 is 13.8 Å². The highest BCUT2D eigenvalue weighted by atomic mass is 16.6. The van der Waals surface area contributed by atoms with Crippen LogP contribution in [0.15, 0.2) is 75.8 Å². The summed E-state index contributed by atoms with van der Waals surface area (Å²) in [7, 11) is 0. The third kappa shape index (κ3) is 3.40. The lowest BCUT2D eigenvalue weighted by Crippen LogP contribution is -2.02. The van der Waals surface area contributed by atoms with Crippen molar-refractivity contribution in [3.63, 3.8) is 0 Å². The lowest BCUT2D eigenvalue weighted by Gasteiger charge is -2.08. The van der Waals surface area contributed by atoms with E-state index in [0.29, 0.717) is 34.8 Å². The molecule has 7 nitrogen and oxygen atoms in total. The van der Waals surface area contributed by atoms with E-state index >= 15 is 0 Å². The highest BCUT2D eigenvalue weighted by Crippen LogP contribution is 2.36. The molecule has 3 aromatic carbocycles. The summed E-state index contributed by atoms with van der Waals surface area (Å²) in [6.07, 6.45) is 2.63. The molecule has 0 aliphatic heterocycles. The van der Waals surface area contributed by atoms with Gasteiger partial charge in [0.25, 0.3) is 5.69 Å². The van der Waals surface area contributed by atoms with Gasteiger partial charge in [0.05, 0.1) is 22.4 Å². The number of oxazole rings is 1. The molecule has 0 aliphatic rings. The van der Waals surface area contributed by atoms with Crippen LogP contribution in [0.4, 0.5) is 11.4 Å². The van der Waals surface area contributed by atoms with Crippen LogP contribution < -0.4 is 5.32 Å². The van der Waals surface area contributed by atoms with Crippen molar-refractivity contribution in [2.75, 3.05) is 11.9 Å². The van der Waals surface area contributed by atoms with Gasteiger partial charge in [-0.2, -0.15) is 0 Å². The number of nitro benzene ring substituents is 1. The number of furan rings is 1. The number of hydrogen-bond acceptors (Lipinski definition) is 6. The average molecular weight is 413 g/mol. The van der Waals surface area contributed by atoms with Crippen LogP contribution in [-0.2, 0) is 0 Å². The predicted molar refractivity (Wildman–Crippen MR) is 120 cm³/mol. The van der Waals surface area contributed by atoms with Crippen molar-refractivity contribution in [2.45, 2.75) is 13.3 Å². The molecule has 0 amide bonds. The van der Waals surface area contributed by atoms with E-state index in [-0.39, 0.29) is 5.69 Å². The second-order valence-electron chi connectivity index (χ2n) is 7.27. The van der Waals surface area contributed by atoms with Gasteiger partial charge in [0.1, 0.15) is 11.3 Å². The van der Waals surface area contributed by atoms with Crippen LogP contribution in [0.3, 0.4) is 0 Å². The molecule has 1 N–H and O–H groups in total. The summed E-state index contributed by atoms with van der Waals surface area (Å²) in [6.45, 7) is 2.72. The normalized spacial score (nSPS) is 11.3. The standard InChI is InChI=1S/C24H19N3O4/c1-2-11-25-20-13-17(27(28)29)8-9-19(20)24-26-21-12-15(7-10-22(21)31-24)23-18-6-4-3-5-16(18)14-30-23/h3-10,12-14,25H,2,11H2,1H3. The Morgan fingerprint density at radius 2 is 1.97 bits per heavy atom. The fourth-order valence-electron chi connectivity index (χ4n) is 3.64. The van der Waals surface area contributed by atoms with Crippen molar-refractivity contribution in [1.29, 1.82) is 0 Å². The summed E-state index contributed by atoms with van der Waals surface area (Å²) in [4.78, 5) is 15.4. The van der Waals surface area contributed by atoms with Crippen LogP contribution in [0.1, 0.15) is 13.3 Å². The highest BCUT2D eigenvalue weighted by molar-refractivity contribution is 5.96. The van der Waals surface area contributed by atoms with E-state index in [4.69, 9.17) is 8.83 Å². The Morgan fingerprint density at radius 3 is 2.81 bits per heavy atom. The average Bonchev–Trinajstić information content (AvgIpc) is 3.41. The van der Waals surface area contributed by atoms with Crippen molar-refractivity contribution in [3.05, 3.63) is 77.0 Å². The van der Waals surface area contributed by atoms with Gasteiger partial charge in [0.2, 0.25) is 5.89 Å². The first-order valence-corrected chi connectivity index (χ1v) is 10.0. The molecular formula is C24H19N3O4. The molecule has 0 aliphatic carbocycles. The Hall–Kier alpha value is -4.13. The third-order valence-corrected chi connectivity index (χ3v) is 5.17. The van der Waals surface area contributed by atoms with E-state index in [1.165, 1.54) is 12.1 Å². The Balaban J connectivity index is 1.58. The topological polar surface area (TPSA) is 94.3 Å². The predicted octanol–water partition coefficient (Wildman–Crippen LogP) is 6.64. The minimum absolute atomic E-state index is 0.0189. The number of rotatable bonds is 6. The van der Waals surface area contributed by atoms with Gasteiger partial charge in [-0.1, -0.05) is 31.2 Å². The van der Waals surface area contributed by atoms with Crippen LogP contribution >= 0.6 is 0 Å². The molecule has 5 aromatic rings. The van der Waals surface area contributed by atoms with E-state index in [1.807, 2.05) is 49.4 Å². The Kier molecular flexibility index (Phi) is 4.63. The van der Waals surface area contributed by atoms with Gasteiger partial charge >= 0.3 is 0 Å². The summed E-state index contributed by atoms with van der Waals surface area (Å²) in [6, 6.07) is 18.4. The summed E-state index contributed by atoms with van der Waals surface area (Å²) < 4.78 is 11.8. The van der Waals surface area contributed by atoms with Crippen molar-refractivity contribution in [1.82, 2.24) is 4.98 Å². The number of non-ortho nitro benzene ring substituents is 1. The minimum Gasteiger partial charge on any atom is -0.463 e. The van der Waals surface area contributed by atoms with Crippen molar-refractivity contribution in [3.8, 4) is 22.8 Å². The number of nitrogens with zero attached hydrogens (tertiary/aromatic N) is 2. The van der Waals surface area contributed by atoms with Gasteiger partial charge in [-0.25, -0.2) is 4.98 Å². The lowest BCUT2D eigenvalue weighted by atomic mass is 10.1. The molecule has 31 heavy (non-hydrogen) atoms. The molecule has 0 saturated carbocycles. The molecule has 0 atom stereocenters. The van der Waals surface area contributed by atoms with Gasteiger partial charge in [-0.3, -0.25) is 10.1 Å². The molecule has 0 saturated heterocycles. The van der Waals surface area contributed by atoms with Gasteiger partial charge in [0.15, 0.2) is 5.58 Å². The SMILES string of the molecule is CCCNc1cc([N+](=O)[O-])ccc1-c1nc2cc(-c3occ4ccccc34)ccc2o1. The zero-order valence-electron chi connectivity index (χ0n) is 16.8. The summed E-state index contributed by atoms with van der Waals surface area (Å²) in [5.74, 6) is 1.19. The molecule has 0 fully saturated rings. The van der Waals surface area contributed by atoms with Crippen LogP contribution in [0.25, 0.3) is 44.7 Å². The Morgan fingerprint density at radius 1 is 1.10 bits per heavy atom. The maximum atomic E-state index is 11.2. The van der Waals surface area contributed by atoms with E-state index in [2.05, 4.69) is 10.3 Å². The Bertz CT molecular complexity index is 1420. The van der Waals surface area contributed by atoms with Crippen LogP contribution in [0.2, 0.25) is 0 Å². The Labute approximate surface area is 177 Å². The van der Waals surface area contributed by atoms with Gasteiger partial charge in [-0.05, 0) is 30.7 Å². The van der Waals surface area contributed by atoms with Crippen molar-refractivity contribution in [2.24, 2.45) is 0 Å². The fraction of sp³-hybridized carbons (Fsp3) is 0.125. The van der Waals surface area contributed by atoms with E-state index < -0.39 is 4.92 Å². The summed E-state index contributed by atoms with van der Waals surface area (Å²) in [5.41, 5.74) is 3.55. The minimum atomic E-state index is -0.410. The van der Waals surface area contributed by atoms with Crippen LogP contribution in [0.5, 0.6) is 0 Å². The highest BCUT2D eigenvalue weighted by Gasteiger charge is 2.17. The molecule has 0 radical (unpaired) electrons. The number of nitro groups is 1. The molecular weight excluding hydrogens is 394 g/mol. The third-order valence-electron chi connectivity index (χ3n) is 5.17. The zero-order valence-corrected chi connectivity index (χ0v) is 16.8. The second kappa shape index (κ2) is 7.60. The first-order chi connectivity index (χ1) is 15.1. The largest absolute Gasteiger partial charge is 0.463 e. The monoisotopic (exact) mass is 413 g/mol. The molecule has 0 bridgehead atoms. The number of nitrogens with one attached hydrogen (secondary N) is 1. The summed E-state index contributed by atoms with van der Waals surface area (Å²) >= 11 is 0. The molecule has 0 spiro atoms. The van der Waals surface area contributed by atoms with Crippen LogP contribution in [0, 0.1) is 10.1 Å².